The molecule has 1 fully saturated rings. The van der Waals surface area contributed by atoms with Crippen molar-refractivity contribution in [2.24, 2.45) is 17.4 Å². The number of hydrogen-bond donors (Lipinski definition) is 12. The molecule has 22 nitrogen and oxygen atoms in total. The molecule has 1 aromatic rings. The lowest BCUT2D eigenvalue weighted by molar-refractivity contribution is -0.146. The second-order valence-electron chi connectivity index (χ2n) is 14.2. The number of carboxylic acid groups (broad SMARTS) is 1. The molecular weight excluding hydrogens is 766 g/mol. The molecule has 0 bridgehead atoms. The van der Waals surface area contributed by atoms with Gasteiger partial charge in [0.1, 0.15) is 36.0 Å². The van der Waals surface area contributed by atoms with Crippen LogP contribution in [0.5, 0.6) is 5.75 Å². The molecule has 322 valence electrons. The molecule has 0 spiro atoms. The number of amides is 8. The normalized spacial score (nSPS) is 16.7. The molecule has 1 aliphatic rings. The third kappa shape index (κ3) is 15.6. The summed E-state index contributed by atoms with van der Waals surface area (Å²) < 4.78 is 0. The zero-order valence-electron chi connectivity index (χ0n) is 32.6. The van der Waals surface area contributed by atoms with Gasteiger partial charge in [0.15, 0.2) is 6.04 Å². The van der Waals surface area contributed by atoms with Gasteiger partial charge in [-0.25, -0.2) is 4.79 Å². The molecule has 1 heterocycles. The minimum Gasteiger partial charge on any atom is -0.508 e. The first kappa shape index (κ1) is 48.3. The summed E-state index contributed by atoms with van der Waals surface area (Å²) in [5.74, 6) is -8.35. The number of nitrogens with one attached hydrogen (secondary N) is 6. The number of nitrogens with two attached hydrogens (primary N) is 2. The van der Waals surface area contributed by atoms with Gasteiger partial charge in [-0.3, -0.25) is 38.4 Å². The number of nitrogens with zero attached hydrogens (tertiary/aromatic N) is 1. The van der Waals surface area contributed by atoms with E-state index in [4.69, 9.17) is 11.5 Å². The lowest BCUT2D eigenvalue weighted by Gasteiger charge is -2.30. The van der Waals surface area contributed by atoms with E-state index in [2.05, 4.69) is 31.9 Å². The highest BCUT2D eigenvalue weighted by atomic mass is 16.4. The van der Waals surface area contributed by atoms with E-state index in [1.165, 1.54) is 31.2 Å². The summed E-state index contributed by atoms with van der Waals surface area (Å²) >= 11 is 0. The molecule has 0 radical (unpaired) electrons. The standard InChI is InChI=1S/C36H55N9O13/c1-18(2)13-23(33(54)44-30(19(3)47)36(57)58)42-34(55)26-5-4-12-45(26)35(56)25(17-46)43-32(53)24(14-20-6-8-21(48)9-7-20)41-29(51)16-39-31(52)22(10-11-27(38)49)40-28(50)15-37/h6-9,18-19,22-26,30,46-48H,4-5,10-17,37H2,1-3H3,(H2,38,49)(H,39,52)(H,40,50)(H,41,51)(H,42,55)(H,43,53)(H,44,54)(H,57,58)/t19-,22+,23+,24+,25+,26+,30+/m1/s1. The number of aromatic hydroxyl groups is 1. The van der Waals surface area contributed by atoms with E-state index in [0.29, 0.717) is 12.0 Å². The van der Waals surface area contributed by atoms with Crippen molar-refractivity contribution in [2.75, 3.05) is 26.2 Å². The van der Waals surface area contributed by atoms with E-state index >= 15 is 0 Å². The third-order valence-corrected chi connectivity index (χ3v) is 8.99. The van der Waals surface area contributed by atoms with Gasteiger partial charge in [-0.15, -0.1) is 0 Å². The van der Waals surface area contributed by atoms with Crippen LogP contribution in [0.25, 0.3) is 0 Å². The largest absolute Gasteiger partial charge is 0.508 e. The van der Waals surface area contributed by atoms with Crippen LogP contribution in [0.4, 0.5) is 0 Å². The van der Waals surface area contributed by atoms with Crippen LogP contribution in [0.2, 0.25) is 0 Å². The molecule has 0 unspecified atom stereocenters. The first-order chi connectivity index (χ1) is 27.3. The zero-order valence-corrected chi connectivity index (χ0v) is 32.6. The Labute approximate surface area is 334 Å². The van der Waals surface area contributed by atoms with Gasteiger partial charge in [0.2, 0.25) is 47.3 Å². The van der Waals surface area contributed by atoms with Crippen molar-refractivity contribution in [1.82, 2.24) is 36.8 Å². The van der Waals surface area contributed by atoms with Gasteiger partial charge < -0.3 is 68.7 Å². The number of phenols is 1. The maximum atomic E-state index is 13.8. The molecule has 8 amide bonds. The van der Waals surface area contributed by atoms with Crippen LogP contribution >= 0.6 is 0 Å². The van der Waals surface area contributed by atoms with E-state index in [1.807, 2.05) is 0 Å². The van der Waals surface area contributed by atoms with Crippen molar-refractivity contribution < 1.29 is 63.6 Å². The van der Waals surface area contributed by atoms with Gasteiger partial charge in [0.25, 0.3) is 0 Å². The van der Waals surface area contributed by atoms with E-state index in [1.54, 1.807) is 13.8 Å². The number of aliphatic hydroxyl groups excluding tert-OH is 2. The number of aliphatic hydroxyl groups is 2. The summed E-state index contributed by atoms with van der Waals surface area (Å²) in [7, 11) is 0. The molecule has 1 aromatic carbocycles. The van der Waals surface area contributed by atoms with Gasteiger partial charge in [-0.2, -0.15) is 0 Å². The fraction of sp³-hybridized carbons (Fsp3) is 0.583. The summed E-state index contributed by atoms with van der Waals surface area (Å²) in [6.07, 6.45) is -1.54. The van der Waals surface area contributed by atoms with Crippen LogP contribution in [-0.4, -0.2) is 147 Å². The fourth-order valence-electron chi connectivity index (χ4n) is 6.00. The highest BCUT2D eigenvalue weighted by Gasteiger charge is 2.40. The second-order valence-corrected chi connectivity index (χ2v) is 14.2. The minimum absolute atomic E-state index is 0.0347. The smallest absolute Gasteiger partial charge is 0.328 e. The summed E-state index contributed by atoms with van der Waals surface area (Å²) in [5.41, 5.74) is 10.9. The minimum atomic E-state index is -1.65. The molecule has 7 atom stereocenters. The highest BCUT2D eigenvalue weighted by Crippen LogP contribution is 2.20. The lowest BCUT2D eigenvalue weighted by Crippen LogP contribution is -2.60. The number of primary amides is 1. The lowest BCUT2D eigenvalue weighted by atomic mass is 10.0. The fourth-order valence-corrected chi connectivity index (χ4v) is 6.00. The number of rotatable bonds is 23. The van der Waals surface area contributed by atoms with Crippen molar-refractivity contribution in [1.29, 1.82) is 0 Å². The molecule has 1 saturated heterocycles. The average molecular weight is 822 g/mol. The summed E-state index contributed by atoms with van der Waals surface area (Å²) in [6.45, 7) is 2.64. The van der Waals surface area contributed by atoms with Crippen LogP contribution in [-0.2, 0) is 49.6 Å². The highest BCUT2D eigenvalue weighted by molar-refractivity contribution is 5.97. The number of benzene rings is 1. The second kappa shape index (κ2) is 23.4. The van der Waals surface area contributed by atoms with Crippen LogP contribution in [0.15, 0.2) is 24.3 Å². The van der Waals surface area contributed by atoms with Crippen LogP contribution in [0, 0.1) is 5.92 Å². The molecule has 0 aromatic heterocycles. The van der Waals surface area contributed by atoms with Crippen LogP contribution in [0.1, 0.15) is 58.4 Å². The SMILES string of the molecule is CC(C)C[C@H](NC(=O)[C@@H]1CCCN1C(=O)[C@H](CO)NC(=O)[C@H](Cc1ccc(O)cc1)NC(=O)CNC(=O)[C@H](CCC(N)=O)NC(=O)CN)C(=O)N[C@H](C(=O)O)[C@@H](C)O. The predicted octanol–water partition coefficient (Wildman–Crippen LogP) is -4.81. The summed E-state index contributed by atoms with van der Waals surface area (Å²) in [5, 5.41) is 53.4. The van der Waals surface area contributed by atoms with Crippen molar-refractivity contribution in [2.45, 2.75) is 102 Å². The monoisotopic (exact) mass is 821 g/mol. The molecular formula is C36H55N9O13. The Morgan fingerprint density at radius 2 is 1.45 bits per heavy atom. The topological polar surface area (TPSA) is 362 Å². The molecule has 1 aliphatic heterocycles. The maximum Gasteiger partial charge on any atom is 0.328 e. The number of aliphatic carboxylic acids is 1. The molecule has 2 rings (SSSR count). The van der Waals surface area contributed by atoms with Crippen molar-refractivity contribution >= 4 is 53.2 Å². The first-order valence-electron chi connectivity index (χ1n) is 18.6. The van der Waals surface area contributed by atoms with Crippen molar-refractivity contribution in [3.8, 4) is 5.75 Å². The summed E-state index contributed by atoms with van der Waals surface area (Å²) in [4.78, 5) is 116. The Morgan fingerprint density at radius 3 is 2.00 bits per heavy atom. The molecule has 22 heteroatoms. The first-order valence-corrected chi connectivity index (χ1v) is 18.6. The number of carboxylic acids is 1. The maximum absolute atomic E-state index is 13.8. The number of carbonyl (C=O) groups excluding carboxylic acids is 8. The van der Waals surface area contributed by atoms with E-state index < -0.39 is 115 Å². The molecule has 0 aliphatic carbocycles. The number of hydrogen-bond acceptors (Lipinski definition) is 13. The van der Waals surface area contributed by atoms with Gasteiger partial charge >= 0.3 is 5.97 Å². The molecule has 58 heavy (non-hydrogen) atoms. The average Bonchev–Trinajstić information content (AvgIpc) is 3.66. The number of likely N-dealkylation sites (tertiary alicyclic amines) is 1. The van der Waals surface area contributed by atoms with E-state index in [9.17, 15) is 63.6 Å². The van der Waals surface area contributed by atoms with E-state index in [-0.39, 0.29) is 50.3 Å². The van der Waals surface area contributed by atoms with E-state index in [0.717, 1.165) is 4.90 Å². The quantitative estimate of drug-likeness (QED) is 0.0493. The Bertz CT molecular complexity index is 1640. The predicted molar refractivity (Wildman–Crippen MR) is 203 cm³/mol. The van der Waals surface area contributed by atoms with Gasteiger partial charge in [-0.05, 0) is 56.2 Å². The zero-order chi connectivity index (χ0) is 43.7. The number of carbonyl (C=O) groups is 9. The van der Waals surface area contributed by atoms with Crippen molar-refractivity contribution in [3.05, 3.63) is 29.8 Å². The van der Waals surface area contributed by atoms with Gasteiger partial charge in [0, 0.05) is 19.4 Å². The molecule has 0 saturated carbocycles. The Kier molecular flexibility index (Phi) is 19.5. The van der Waals surface area contributed by atoms with Crippen molar-refractivity contribution in [3.63, 3.8) is 0 Å². The van der Waals surface area contributed by atoms with Gasteiger partial charge in [0.05, 0.1) is 25.8 Å². The Balaban J connectivity index is 2.23. The van der Waals surface area contributed by atoms with Gasteiger partial charge in [-0.1, -0.05) is 26.0 Å². The Morgan fingerprint density at radius 1 is 0.828 bits per heavy atom. The van der Waals surface area contributed by atoms with Crippen LogP contribution in [0.3, 0.4) is 0 Å². The van der Waals surface area contributed by atoms with Crippen LogP contribution < -0.4 is 43.4 Å². The Hall–Kier alpha value is -5.87. The third-order valence-electron chi connectivity index (χ3n) is 8.99. The summed E-state index contributed by atoms with van der Waals surface area (Å²) in [6, 6.07) is -2.75. The number of phenolic OH excluding ortho intramolecular Hbond substituents is 1. The molecule has 14 N–H and O–H groups in total.